The van der Waals surface area contributed by atoms with Crippen molar-refractivity contribution >= 4 is 22.9 Å². The van der Waals surface area contributed by atoms with Gasteiger partial charge in [0, 0.05) is 23.8 Å². The molecule has 1 atom stereocenters. The van der Waals surface area contributed by atoms with E-state index in [2.05, 4.69) is 17.3 Å². The Morgan fingerprint density at radius 2 is 2.12 bits per heavy atom. The fourth-order valence-electron chi connectivity index (χ4n) is 2.02. The van der Waals surface area contributed by atoms with E-state index in [1.54, 1.807) is 0 Å². The van der Waals surface area contributed by atoms with Crippen LogP contribution in [0.25, 0.3) is 0 Å². The number of hydrogen-bond acceptors (Lipinski definition) is 3. The maximum atomic E-state index is 5.55. The average molecular weight is 235 g/mol. The molecular weight excluding hydrogens is 218 g/mol. The number of nitrogens with zero attached hydrogens (tertiary/aromatic N) is 1. The minimum Gasteiger partial charge on any atom is -0.389 e. The zero-order valence-electron chi connectivity index (χ0n) is 9.44. The second-order valence-electron chi connectivity index (χ2n) is 4.33. The number of nitrogens with two attached hydrogens (primary N) is 1. The van der Waals surface area contributed by atoms with Crippen LogP contribution in [-0.4, -0.2) is 36.1 Å². The molecule has 3 N–H and O–H groups in total. The van der Waals surface area contributed by atoms with Crippen LogP contribution in [0.2, 0.25) is 0 Å². The van der Waals surface area contributed by atoms with Crippen LogP contribution in [0, 0.1) is 0 Å². The monoisotopic (exact) mass is 235 g/mol. The van der Waals surface area contributed by atoms with Crippen LogP contribution in [0.4, 0.5) is 5.69 Å². The maximum Gasteiger partial charge on any atom is 0.103 e. The van der Waals surface area contributed by atoms with Gasteiger partial charge in [0.05, 0.1) is 0 Å². The average Bonchev–Trinajstić information content (AvgIpc) is 2.65. The Kier molecular flexibility index (Phi) is 3.41. The Hall–Kier alpha value is -1.13. The number of anilines is 1. The number of likely N-dealkylation sites (N-methyl/N-ethyl adjacent to an activating group) is 1. The molecule has 86 valence electrons. The standard InChI is InChI=1S/C12H17N3S/c1-15-7-6-11(8-15)14-10-4-2-9(3-5-10)12(13)16/h2-5,11,14H,6-8H2,1H3,(H2,13,16). The van der Waals surface area contributed by atoms with Crippen molar-refractivity contribution in [2.45, 2.75) is 12.5 Å². The van der Waals surface area contributed by atoms with E-state index >= 15 is 0 Å². The summed E-state index contributed by atoms with van der Waals surface area (Å²) in [6.45, 7) is 2.28. The molecule has 4 heteroatoms. The van der Waals surface area contributed by atoms with Gasteiger partial charge < -0.3 is 16.0 Å². The molecule has 1 saturated heterocycles. The zero-order valence-corrected chi connectivity index (χ0v) is 10.3. The van der Waals surface area contributed by atoms with Crippen molar-refractivity contribution in [3.05, 3.63) is 29.8 Å². The molecular formula is C12H17N3S. The third-order valence-electron chi connectivity index (χ3n) is 2.93. The van der Waals surface area contributed by atoms with Crippen molar-refractivity contribution < 1.29 is 0 Å². The molecule has 3 nitrogen and oxygen atoms in total. The molecule has 0 aromatic heterocycles. The van der Waals surface area contributed by atoms with E-state index in [1.165, 1.54) is 13.0 Å². The van der Waals surface area contributed by atoms with E-state index in [-0.39, 0.29) is 0 Å². The largest absolute Gasteiger partial charge is 0.389 e. The van der Waals surface area contributed by atoms with Gasteiger partial charge in [-0.1, -0.05) is 12.2 Å². The van der Waals surface area contributed by atoms with Crippen molar-refractivity contribution in [1.29, 1.82) is 0 Å². The third-order valence-corrected chi connectivity index (χ3v) is 3.17. The predicted molar refractivity (Wildman–Crippen MR) is 71.9 cm³/mol. The normalized spacial score (nSPS) is 20.9. The second kappa shape index (κ2) is 4.80. The lowest BCUT2D eigenvalue weighted by Gasteiger charge is -2.14. The highest BCUT2D eigenvalue weighted by atomic mass is 32.1. The molecule has 1 aromatic rings. The van der Waals surface area contributed by atoms with Gasteiger partial charge in [-0.3, -0.25) is 0 Å². The van der Waals surface area contributed by atoms with Crippen molar-refractivity contribution in [2.75, 3.05) is 25.5 Å². The van der Waals surface area contributed by atoms with Gasteiger partial charge in [-0.05, 0) is 44.3 Å². The summed E-state index contributed by atoms with van der Waals surface area (Å²) in [6.07, 6.45) is 1.20. The van der Waals surface area contributed by atoms with E-state index in [0.29, 0.717) is 11.0 Å². The number of likely N-dealkylation sites (tertiary alicyclic amines) is 1. The number of hydrogen-bond donors (Lipinski definition) is 2. The Balaban J connectivity index is 1.97. The molecule has 1 unspecified atom stereocenters. The molecule has 1 fully saturated rings. The summed E-state index contributed by atoms with van der Waals surface area (Å²) in [5, 5.41) is 3.51. The van der Waals surface area contributed by atoms with E-state index < -0.39 is 0 Å². The van der Waals surface area contributed by atoms with Gasteiger partial charge in [-0.2, -0.15) is 0 Å². The summed E-state index contributed by atoms with van der Waals surface area (Å²) in [5.41, 5.74) is 7.61. The van der Waals surface area contributed by atoms with Gasteiger partial charge in [0.15, 0.2) is 0 Å². The molecule has 1 aliphatic heterocycles. The van der Waals surface area contributed by atoms with Crippen LogP contribution in [0.5, 0.6) is 0 Å². The minimum absolute atomic E-state index is 0.451. The molecule has 1 aliphatic rings. The first-order chi connectivity index (χ1) is 7.65. The Morgan fingerprint density at radius 1 is 1.44 bits per heavy atom. The van der Waals surface area contributed by atoms with Crippen LogP contribution in [0.1, 0.15) is 12.0 Å². The highest BCUT2D eigenvalue weighted by molar-refractivity contribution is 7.80. The molecule has 1 aromatic carbocycles. The Bertz CT molecular complexity index is 374. The van der Waals surface area contributed by atoms with E-state index in [0.717, 1.165) is 17.8 Å². The molecule has 1 heterocycles. The smallest absolute Gasteiger partial charge is 0.103 e. The van der Waals surface area contributed by atoms with Crippen molar-refractivity contribution in [3.8, 4) is 0 Å². The fraction of sp³-hybridized carbons (Fsp3) is 0.417. The summed E-state index contributed by atoms with van der Waals surface area (Å²) >= 11 is 4.91. The summed E-state index contributed by atoms with van der Waals surface area (Å²) in [5.74, 6) is 0. The molecule has 2 rings (SSSR count). The first-order valence-corrected chi connectivity index (χ1v) is 5.91. The first-order valence-electron chi connectivity index (χ1n) is 5.50. The van der Waals surface area contributed by atoms with Crippen LogP contribution >= 0.6 is 12.2 Å². The van der Waals surface area contributed by atoms with Crippen molar-refractivity contribution in [1.82, 2.24) is 4.90 Å². The topological polar surface area (TPSA) is 41.3 Å². The lowest BCUT2D eigenvalue weighted by Crippen LogP contribution is -2.23. The highest BCUT2D eigenvalue weighted by Gasteiger charge is 2.18. The minimum atomic E-state index is 0.451. The number of thiocarbonyl (C=S) groups is 1. The van der Waals surface area contributed by atoms with Gasteiger partial charge in [-0.25, -0.2) is 0 Å². The number of nitrogens with one attached hydrogen (secondary N) is 1. The highest BCUT2D eigenvalue weighted by Crippen LogP contribution is 2.15. The number of rotatable bonds is 3. The predicted octanol–water partition coefficient (Wildman–Crippen LogP) is 1.44. The van der Waals surface area contributed by atoms with Gasteiger partial charge in [0.2, 0.25) is 0 Å². The van der Waals surface area contributed by atoms with Crippen LogP contribution in [0.15, 0.2) is 24.3 Å². The first kappa shape index (κ1) is 11.4. The van der Waals surface area contributed by atoms with Gasteiger partial charge in [-0.15, -0.1) is 0 Å². The Labute approximate surface area is 102 Å². The quantitative estimate of drug-likeness (QED) is 0.778. The molecule has 0 spiro atoms. The third kappa shape index (κ3) is 2.71. The van der Waals surface area contributed by atoms with Crippen LogP contribution in [-0.2, 0) is 0 Å². The summed E-state index contributed by atoms with van der Waals surface area (Å²) < 4.78 is 0. The van der Waals surface area contributed by atoms with Gasteiger partial charge >= 0.3 is 0 Å². The Morgan fingerprint density at radius 3 is 2.62 bits per heavy atom. The van der Waals surface area contributed by atoms with Crippen molar-refractivity contribution in [3.63, 3.8) is 0 Å². The lowest BCUT2D eigenvalue weighted by atomic mass is 10.2. The SMILES string of the molecule is CN1CCC(Nc2ccc(C(N)=S)cc2)C1. The molecule has 0 aliphatic carbocycles. The maximum absolute atomic E-state index is 5.55. The van der Waals surface area contributed by atoms with Gasteiger partial charge in [0.1, 0.15) is 4.99 Å². The molecule has 16 heavy (non-hydrogen) atoms. The lowest BCUT2D eigenvalue weighted by molar-refractivity contribution is 0.414. The molecule has 0 saturated carbocycles. The summed E-state index contributed by atoms with van der Waals surface area (Å²) in [6, 6.07) is 8.55. The van der Waals surface area contributed by atoms with Crippen molar-refractivity contribution in [2.24, 2.45) is 5.73 Å². The van der Waals surface area contributed by atoms with Crippen LogP contribution in [0.3, 0.4) is 0 Å². The van der Waals surface area contributed by atoms with Gasteiger partial charge in [0.25, 0.3) is 0 Å². The van der Waals surface area contributed by atoms with E-state index in [9.17, 15) is 0 Å². The van der Waals surface area contributed by atoms with E-state index in [1.807, 2.05) is 24.3 Å². The molecule has 0 bridgehead atoms. The molecule has 0 amide bonds. The van der Waals surface area contributed by atoms with E-state index in [4.69, 9.17) is 18.0 Å². The summed E-state index contributed by atoms with van der Waals surface area (Å²) in [4.78, 5) is 2.79. The number of benzene rings is 1. The second-order valence-corrected chi connectivity index (χ2v) is 4.77. The summed E-state index contributed by atoms with van der Waals surface area (Å²) in [7, 11) is 2.15. The zero-order chi connectivity index (χ0) is 11.5. The van der Waals surface area contributed by atoms with Crippen LogP contribution < -0.4 is 11.1 Å². The fourth-order valence-corrected chi connectivity index (χ4v) is 2.16. The molecule has 0 radical (unpaired) electrons.